The van der Waals surface area contributed by atoms with Crippen LogP contribution in [0.3, 0.4) is 0 Å². The lowest BCUT2D eigenvalue weighted by molar-refractivity contribution is -0.384. The maximum Gasteiger partial charge on any atom is 0.271 e. The van der Waals surface area contributed by atoms with E-state index in [2.05, 4.69) is 10.6 Å². The number of benzene rings is 1. The molecule has 6 heteroatoms. The van der Waals surface area contributed by atoms with Gasteiger partial charge in [-0.05, 0) is 32.0 Å². The zero-order valence-corrected chi connectivity index (χ0v) is 9.28. The standard InChI is InChI=1S/C11H14FN3O2/c12-10-2-1-9(15(16)17)7-11(10)14-8-3-5-13-6-4-8/h1-2,7-8,13-14H,3-6H2. The summed E-state index contributed by atoms with van der Waals surface area (Å²) in [7, 11) is 0. The van der Waals surface area contributed by atoms with Crippen LogP contribution in [-0.4, -0.2) is 24.1 Å². The van der Waals surface area contributed by atoms with E-state index < -0.39 is 10.7 Å². The van der Waals surface area contributed by atoms with Gasteiger partial charge in [0.05, 0.1) is 10.6 Å². The van der Waals surface area contributed by atoms with Gasteiger partial charge in [0.1, 0.15) is 5.82 Å². The van der Waals surface area contributed by atoms with Crippen molar-refractivity contribution in [3.63, 3.8) is 0 Å². The second-order valence-corrected chi connectivity index (χ2v) is 4.09. The van der Waals surface area contributed by atoms with Gasteiger partial charge in [0.25, 0.3) is 5.69 Å². The molecule has 0 aliphatic carbocycles. The normalized spacial score (nSPS) is 16.8. The van der Waals surface area contributed by atoms with Crippen molar-refractivity contribution in [2.45, 2.75) is 18.9 Å². The molecule has 1 heterocycles. The molecule has 0 unspecified atom stereocenters. The predicted octanol–water partition coefficient (Wildman–Crippen LogP) is 1.90. The largest absolute Gasteiger partial charge is 0.380 e. The fourth-order valence-corrected chi connectivity index (χ4v) is 1.92. The van der Waals surface area contributed by atoms with Crippen LogP contribution in [0.5, 0.6) is 0 Å². The average Bonchev–Trinajstić information content (AvgIpc) is 2.33. The molecule has 0 amide bonds. The van der Waals surface area contributed by atoms with Crippen molar-refractivity contribution in [2.24, 2.45) is 0 Å². The molecule has 92 valence electrons. The zero-order chi connectivity index (χ0) is 12.3. The highest BCUT2D eigenvalue weighted by atomic mass is 19.1. The number of nitrogens with zero attached hydrogens (tertiary/aromatic N) is 1. The Kier molecular flexibility index (Phi) is 3.53. The lowest BCUT2D eigenvalue weighted by atomic mass is 10.1. The average molecular weight is 239 g/mol. The molecule has 1 saturated heterocycles. The summed E-state index contributed by atoms with van der Waals surface area (Å²) < 4.78 is 13.5. The van der Waals surface area contributed by atoms with Crippen molar-refractivity contribution >= 4 is 11.4 Å². The number of nitro benzene ring substituents is 1. The fourth-order valence-electron chi connectivity index (χ4n) is 1.92. The third-order valence-corrected chi connectivity index (χ3v) is 2.86. The summed E-state index contributed by atoms with van der Waals surface area (Å²) in [5.74, 6) is -0.450. The Morgan fingerprint density at radius 2 is 2.12 bits per heavy atom. The Bertz CT molecular complexity index is 419. The summed E-state index contributed by atoms with van der Waals surface area (Å²) in [5, 5.41) is 16.8. The van der Waals surface area contributed by atoms with Gasteiger partial charge in [-0.15, -0.1) is 0 Å². The van der Waals surface area contributed by atoms with Crippen molar-refractivity contribution in [3.05, 3.63) is 34.1 Å². The molecule has 5 nitrogen and oxygen atoms in total. The number of nitro groups is 1. The van der Waals surface area contributed by atoms with Gasteiger partial charge in [0.15, 0.2) is 0 Å². The lowest BCUT2D eigenvalue weighted by Gasteiger charge is -2.24. The molecule has 0 radical (unpaired) electrons. The zero-order valence-electron chi connectivity index (χ0n) is 9.28. The summed E-state index contributed by atoms with van der Waals surface area (Å²) in [6, 6.07) is 3.72. The van der Waals surface area contributed by atoms with Gasteiger partial charge in [-0.1, -0.05) is 0 Å². The van der Waals surface area contributed by atoms with Gasteiger partial charge in [-0.25, -0.2) is 4.39 Å². The number of non-ortho nitro benzene ring substituents is 1. The molecule has 1 aliphatic heterocycles. The first kappa shape index (κ1) is 11.8. The van der Waals surface area contributed by atoms with Crippen LogP contribution in [0.25, 0.3) is 0 Å². The lowest BCUT2D eigenvalue weighted by Crippen LogP contribution is -2.35. The Hall–Kier alpha value is -1.69. The number of anilines is 1. The molecule has 0 spiro atoms. The van der Waals surface area contributed by atoms with Crippen LogP contribution in [0, 0.1) is 15.9 Å². The van der Waals surface area contributed by atoms with Crippen molar-refractivity contribution in [1.82, 2.24) is 5.32 Å². The number of nitrogens with one attached hydrogen (secondary N) is 2. The molecule has 0 bridgehead atoms. The van der Waals surface area contributed by atoms with Crippen molar-refractivity contribution < 1.29 is 9.31 Å². The molecule has 0 aromatic heterocycles. The van der Waals surface area contributed by atoms with Crippen LogP contribution < -0.4 is 10.6 Å². The molecule has 1 fully saturated rings. The first-order valence-electron chi connectivity index (χ1n) is 5.58. The molecule has 0 saturated carbocycles. The highest BCUT2D eigenvalue weighted by molar-refractivity contribution is 5.52. The van der Waals surface area contributed by atoms with E-state index in [1.54, 1.807) is 0 Å². The molecular formula is C11H14FN3O2. The van der Waals surface area contributed by atoms with Crippen LogP contribution in [0.15, 0.2) is 18.2 Å². The molecule has 2 N–H and O–H groups in total. The maximum absolute atomic E-state index is 13.5. The number of piperidine rings is 1. The highest BCUT2D eigenvalue weighted by Crippen LogP contribution is 2.23. The molecule has 1 aromatic rings. The van der Waals surface area contributed by atoms with E-state index in [1.165, 1.54) is 12.1 Å². The first-order valence-corrected chi connectivity index (χ1v) is 5.58. The first-order chi connectivity index (χ1) is 8.16. The summed E-state index contributed by atoms with van der Waals surface area (Å²) in [4.78, 5) is 10.1. The summed E-state index contributed by atoms with van der Waals surface area (Å²) in [6.07, 6.45) is 1.78. The van der Waals surface area contributed by atoms with Gasteiger partial charge in [-0.3, -0.25) is 10.1 Å². The minimum atomic E-state index is -0.521. The van der Waals surface area contributed by atoms with Crippen molar-refractivity contribution in [1.29, 1.82) is 0 Å². The smallest absolute Gasteiger partial charge is 0.271 e. The van der Waals surface area contributed by atoms with E-state index in [1.807, 2.05) is 0 Å². The number of hydrogen-bond donors (Lipinski definition) is 2. The van der Waals surface area contributed by atoms with Gasteiger partial charge in [0.2, 0.25) is 0 Å². The third kappa shape index (κ3) is 2.91. The quantitative estimate of drug-likeness (QED) is 0.624. The highest BCUT2D eigenvalue weighted by Gasteiger charge is 2.16. The molecule has 1 aliphatic rings. The van der Waals surface area contributed by atoms with Crippen LogP contribution in [0.1, 0.15) is 12.8 Å². The van der Waals surface area contributed by atoms with Crippen LogP contribution in [-0.2, 0) is 0 Å². The summed E-state index contributed by atoms with van der Waals surface area (Å²) in [6.45, 7) is 1.77. The van der Waals surface area contributed by atoms with E-state index in [9.17, 15) is 14.5 Å². The second kappa shape index (κ2) is 5.09. The van der Waals surface area contributed by atoms with Gasteiger partial charge >= 0.3 is 0 Å². The molecule has 2 rings (SSSR count). The summed E-state index contributed by atoms with van der Waals surface area (Å²) in [5.41, 5.74) is 0.119. The van der Waals surface area contributed by atoms with Crippen LogP contribution >= 0.6 is 0 Å². The predicted molar refractivity (Wildman–Crippen MR) is 62.6 cm³/mol. The van der Waals surface area contributed by atoms with Gasteiger partial charge in [0, 0.05) is 18.2 Å². The van der Waals surface area contributed by atoms with E-state index in [-0.39, 0.29) is 17.4 Å². The molecule has 17 heavy (non-hydrogen) atoms. The van der Waals surface area contributed by atoms with E-state index in [4.69, 9.17) is 0 Å². The van der Waals surface area contributed by atoms with Crippen LogP contribution in [0.2, 0.25) is 0 Å². The summed E-state index contributed by atoms with van der Waals surface area (Å²) >= 11 is 0. The maximum atomic E-state index is 13.5. The monoisotopic (exact) mass is 239 g/mol. The van der Waals surface area contributed by atoms with Crippen molar-refractivity contribution in [2.75, 3.05) is 18.4 Å². The minimum absolute atomic E-state index is 0.0946. The minimum Gasteiger partial charge on any atom is -0.380 e. The van der Waals surface area contributed by atoms with E-state index >= 15 is 0 Å². The third-order valence-electron chi connectivity index (χ3n) is 2.86. The Labute approximate surface area is 98.2 Å². The Morgan fingerprint density at radius 3 is 2.76 bits per heavy atom. The van der Waals surface area contributed by atoms with E-state index in [0.29, 0.717) is 0 Å². The Morgan fingerprint density at radius 1 is 1.41 bits per heavy atom. The van der Waals surface area contributed by atoms with Gasteiger partial charge < -0.3 is 10.6 Å². The number of halogens is 1. The number of rotatable bonds is 3. The van der Waals surface area contributed by atoms with Crippen LogP contribution in [0.4, 0.5) is 15.8 Å². The fraction of sp³-hybridized carbons (Fsp3) is 0.455. The van der Waals surface area contributed by atoms with Gasteiger partial charge in [-0.2, -0.15) is 0 Å². The number of hydrogen-bond acceptors (Lipinski definition) is 4. The molecule has 0 atom stereocenters. The molecular weight excluding hydrogens is 225 g/mol. The van der Waals surface area contributed by atoms with Crippen molar-refractivity contribution in [3.8, 4) is 0 Å². The SMILES string of the molecule is O=[N+]([O-])c1ccc(F)c(NC2CCNCC2)c1. The Balaban J connectivity index is 2.13. The topological polar surface area (TPSA) is 67.2 Å². The van der Waals surface area contributed by atoms with E-state index in [0.717, 1.165) is 32.0 Å². The second-order valence-electron chi connectivity index (χ2n) is 4.09. The molecule has 1 aromatic carbocycles.